The number of benzene rings is 1. The van der Waals surface area contributed by atoms with Crippen molar-refractivity contribution < 1.29 is 19.1 Å². The Morgan fingerprint density at radius 3 is 2.77 bits per heavy atom. The molecule has 0 radical (unpaired) electrons. The summed E-state index contributed by atoms with van der Waals surface area (Å²) in [6, 6.07) is 8.42. The maximum atomic E-state index is 12.1. The monoisotopic (exact) mass is 339 g/mol. The van der Waals surface area contributed by atoms with E-state index >= 15 is 0 Å². The summed E-state index contributed by atoms with van der Waals surface area (Å²) in [6.45, 7) is 1.61. The first-order chi connectivity index (χ1) is 10.5. The Morgan fingerprint density at radius 2 is 2.09 bits per heavy atom. The summed E-state index contributed by atoms with van der Waals surface area (Å²) >= 11 is 7.06. The standard InChI is InChI=1S/C15H14ClNO4S/c1-9(21-11-5-3-4-10(16)8-11)14(18)17-12-6-7-22-13(12)15(19)20-2/h3-9H,1-2H3,(H,17,18)/t9-/m1/s1. The van der Waals surface area contributed by atoms with E-state index in [9.17, 15) is 9.59 Å². The number of esters is 1. The van der Waals surface area contributed by atoms with Crippen molar-refractivity contribution in [3.63, 3.8) is 0 Å². The lowest BCUT2D eigenvalue weighted by atomic mass is 10.3. The Hall–Kier alpha value is -2.05. The molecule has 0 aliphatic rings. The van der Waals surface area contributed by atoms with Crippen LogP contribution in [-0.2, 0) is 9.53 Å². The third kappa shape index (κ3) is 3.99. The smallest absolute Gasteiger partial charge is 0.350 e. The fourth-order valence-corrected chi connectivity index (χ4v) is 2.64. The molecule has 7 heteroatoms. The molecule has 0 aliphatic heterocycles. The molecule has 0 spiro atoms. The number of methoxy groups -OCH3 is 1. The van der Waals surface area contributed by atoms with Gasteiger partial charge in [0, 0.05) is 5.02 Å². The van der Waals surface area contributed by atoms with E-state index < -0.39 is 12.1 Å². The minimum Gasteiger partial charge on any atom is -0.481 e. The van der Waals surface area contributed by atoms with Crippen LogP contribution < -0.4 is 10.1 Å². The fourth-order valence-electron chi connectivity index (χ4n) is 1.69. The van der Waals surface area contributed by atoms with E-state index in [0.29, 0.717) is 21.3 Å². The van der Waals surface area contributed by atoms with Gasteiger partial charge in [0.2, 0.25) is 0 Å². The Morgan fingerprint density at radius 1 is 1.32 bits per heavy atom. The summed E-state index contributed by atoms with van der Waals surface area (Å²) in [5.74, 6) is -0.370. The summed E-state index contributed by atoms with van der Waals surface area (Å²) in [5.41, 5.74) is 0.406. The Kier molecular flexibility index (Phi) is 5.41. The van der Waals surface area contributed by atoms with Gasteiger partial charge in [-0.2, -0.15) is 0 Å². The third-order valence-corrected chi connectivity index (χ3v) is 3.90. The minimum absolute atomic E-state index is 0.339. The molecular weight excluding hydrogens is 326 g/mol. The lowest BCUT2D eigenvalue weighted by molar-refractivity contribution is -0.122. The van der Waals surface area contributed by atoms with E-state index in [1.54, 1.807) is 42.6 Å². The van der Waals surface area contributed by atoms with Crippen molar-refractivity contribution in [1.82, 2.24) is 0 Å². The van der Waals surface area contributed by atoms with Crippen LogP contribution in [0.3, 0.4) is 0 Å². The molecule has 0 aliphatic carbocycles. The van der Waals surface area contributed by atoms with Gasteiger partial charge in [0.15, 0.2) is 6.10 Å². The van der Waals surface area contributed by atoms with Gasteiger partial charge in [-0.3, -0.25) is 4.79 Å². The minimum atomic E-state index is -0.746. The van der Waals surface area contributed by atoms with Crippen molar-refractivity contribution in [3.8, 4) is 5.75 Å². The van der Waals surface area contributed by atoms with Crippen molar-refractivity contribution in [2.24, 2.45) is 0 Å². The number of hydrogen-bond donors (Lipinski definition) is 1. The van der Waals surface area contributed by atoms with Crippen LogP contribution in [0.4, 0.5) is 5.69 Å². The van der Waals surface area contributed by atoms with Crippen LogP contribution in [0.15, 0.2) is 35.7 Å². The van der Waals surface area contributed by atoms with Gasteiger partial charge in [-0.25, -0.2) is 4.79 Å². The topological polar surface area (TPSA) is 64.6 Å². The van der Waals surface area contributed by atoms with E-state index in [1.165, 1.54) is 18.4 Å². The maximum Gasteiger partial charge on any atom is 0.350 e. The molecule has 0 bridgehead atoms. The Bertz CT molecular complexity index is 686. The van der Waals surface area contributed by atoms with Gasteiger partial charge in [0.1, 0.15) is 10.6 Å². The van der Waals surface area contributed by atoms with Crippen molar-refractivity contribution in [3.05, 3.63) is 45.6 Å². The van der Waals surface area contributed by atoms with Gasteiger partial charge in [-0.05, 0) is 36.6 Å². The van der Waals surface area contributed by atoms with Crippen LogP contribution in [0.5, 0.6) is 5.75 Å². The van der Waals surface area contributed by atoms with Crippen LogP contribution in [0.2, 0.25) is 5.02 Å². The number of nitrogens with one attached hydrogen (secondary N) is 1. The maximum absolute atomic E-state index is 12.1. The second-order valence-corrected chi connectivity index (χ2v) is 5.71. The SMILES string of the molecule is COC(=O)c1sccc1NC(=O)[C@@H](C)Oc1cccc(Cl)c1. The molecular formula is C15H14ClNO4S. The number of thiophene rings is 1. The number of hydrogen-bond acceptors (Lipinski definition) is 5. The van der Waals surface area contributed by atoms with Crippen LogP contribution >= 0.6 is 22.9 Å². The highest BCUT2D eigenvalue weighted by Crippen LogP contribution is 2.24. The number of rotatable bonds is 5. The summed E-state index contributed by atoms with van der Waals surface area (Å²) in [5, 5.41) is 4.88. The Balaban J connectivity index is 2.03. The molecule has 1 atom stereocenters. The quantitative estimate of drug-likeness (QED) is 0.845. The number of carbonyl (C=O) groups is 2. The molecule has 0 unspecified atom stereocenters. The molecule has 1 amide bonds. The van der Waals surface area contributed by atoms with E-state index in [2.05, 4.69) is 10.1 Å². The second-order valence-electron chi connectivity index (χ2n) is 4.36. The second kappa shape index (κ2) is 7.29. The van der Waals surface area contributed by atoms with E-state index in [-0.39, 0.29) is 5.91 Å². The number of carbonyl (C=O) groups excluding carboxylic acids is 2. The first-order valence-electron chi connectivity index (χ1n) is 6.40. The highest BCUT2D eigenvalue weighted by Gasteiger charge is 2.20. The molecule has 1 heterocycles. The molecule has 5 nitrogen and oxygen atoms in total. The highest BCUT2D eigenvalue weighted by molar-refractivity contribution is 7.12. The van der Waals surface area contributed by atoms with Crippen LogP contribution in [0.1, 0.15) is 16.6 Å². The molecule has 0 saturated carbocycles. The van der Waals surface area contributed by atoms with Crippen molar-refractivity contribution in [2.45, 2.75) is 13.0 Å². The predicted molar refractivity (Wildman–Crippen MR) is 85.8 cm³/mol. The van der Waals surface area contributed by atoms with Gasteiger partial charge in [0.25, 0.3) is 5.91 Å². The Labute approximate surface area is 136 Å². The summed E-state index contributed by atoms with van der Waals surface area (Å²) < 4.78 is 10.2. The number of halogens is 1. The largest absolute Gasteiger partial charge is 0.481 e. The van der Waals surface area contributed by atoms with Gasteiger partial charge >= 0.3 is 5.97 Å². The van der Waals surface area contributed by atoms with Crippen molar-refractivity contribution in [1.29, 1.82) is 0 Å². The van der Waals surface area contributed by atoms with Crippen molar-refractivity contribution >= 4 is 40.5 Å². The first kappa shape index (κ1) is 16.3. The van der Waals surface area contributed by atoms with Gasteiger partial charge < -0.3 is 14.8 Å². The van der Waals surface area contributed by atoms with Crippen LogP contribution in [0, 0.1) is 0 Å². The third-order valence-electron chi connectivity index (χ3n) is 2.77. The first-order valence-corrected chi connectivity index (χ1v) is 7.66. The average Bonchev–Trinajstić information content (AvgIpc) is 2.94. The molecule has 2 aromatic rings. The number of ether oxygens (including phenoxy) is 2. The fraction of sp³-hybridized carbons (Fsp3) is 0.200. The summed E-state index contributed by atoms with van der Waals surface area (Å²) in [4.78, 5) is 24.1. The molecule has 0 fully saturated rings. The molecule has 2 rings (SSSR count). The zero-order valence-electron chi connectivity index (χ0n) is 12.0. The normalized spacial score (nSPS) is 11.6. The van der Waals surface area contributed by atoms with Gasteiger partial charge in [-0.15, -0.1) is 11.3 Å². The summed E-state index contributed by atoms with van der Waals surface area (Å²) in [7, 11) is 1.29. The average molecular weight is 340 g/mol. The van der Waals surface area contributed by atoms with E-state index in [4.69, 9.17) is 16.3 Å². The summed E-state index contributed by atoms with van der Waals surface area (Å²) in [6.07, 6.45) is -0.746. The molecule has 116 valence electrons. The van der Waals surface area contributed by atoms with Gasteiger partial charge in [0.05, 0.1) is 12.8 Å². The van der Waals surface area contributed by atoms with Crippen molar-refractivity contribution in [2.75, 3.05) is 12.4 Å². The number of amides is 1. The molecule has 22 heavy (non-hydrogen) atoms. The predicted octanol–water partition coefficient (Wildman–Crippen LogP) is 3.59. The highest BCUT2D eigenvalue weighted by atomic mass is 35.5. The zero-order chi connectivity index (χ0) is 16.1. The zero-order valence-corrected chi connectivity index (χ0v) is 13.5. The number of anilines is 1. The van der Waals surface area contributed by atoms with Crippen LogP contribution in [-0.4, -0.2) is 25.1 Å². The van der Waals surface area contributed by atoms with Gasteiger partial charge in [-0.1, -0.05) is 17.7 Å². The molecule has 1 aromatic heterocycles. The molecule has 1 N–H and O–H groups in total. The lowest BCUT2D eigenvalue weighted by Crippen LogP contribution is -2.30. The van der Waals surface area contributed by atoms with Crippen LogP contribution in [0.25, 0.3) is 0 Å². The molecule has 0 saturated heterocycles. The van der Waals surface area contributed by atoms with E-state index in [1.807, 2.05) is 0 Å². The van der Waals surface area contributed by atoms with E-state index in [0.717, 1.165) is 0 Å². The lowest BCUT2D eigenvalue weighted by Gasteiger charge is -2.14. The molecule has 1 aromatic carbocycles.